The molecule has 0 amide bonds. The molecule has 0 fully saturated rings. The van der Waals surface area contributed by atoms with Crippen LogP contribution in [0.15, 0.2) is 78.4 Å². The molecule has 5 rings (SSSR count). The molecule has 4 aromatic rings. The Morgan fingerprint density at radius 3 is 2.16 bits per heavy atom. The quantitative estimate of drug-likeness (QED) is 0.217. The number of fused-ring (bicyclic) bond motifs is 4. The number of aliphatic hydroxyl groups excluding tert-OH is 1. The van der Waals surface area contributed by atoms with Gasteiger partial charge in [0.1, 0.15) is 0 Å². The number of halogens is 2. The van der Waals surface area contributed by atoms with Crippen molar-refractivity contribution in [1.29, 1.82) is 0 Å². The third-order valence-electron chi connectivity index (χ3n) is 5.42. The van der Waals surface area contributed by atoms with Crippen molar-refractivity contribution in [3.63, 3.8) is 0 Å². The van der Waals surface area contributed by atoms with Gasteiger partial charge in [0.15, 0.2) is 0 Å². The average Bonchev–Trinajstić information content (AvgIpc) is 3.28. The first-order valence-electron chi connectivity index (χ1n) is 9.09. The Morgan fingerprint density at radius 1 is 0.806 bits per heavy atom. The Labute approximate surface area is 215 Å². The van der Waals surface area contributed by atoms with E-state index in [2.05, 4.69) is 85.8 Å². The zero-order valence-corrected chi connectivity index (χ0v) is 22.9. The van der Waals surface area contributed by atoms with Gasteiger partial charge >= 0.3 is 30.2 Å². The van der Waals surface area contributed by atoms with Crippen molar-refractivity contribution >= 4 is 59.3 Å². The fourth-order valence-corrected chi connectivity index (χ4v) is 4.36. The van der Waals surface area contributed by atoms with E-state index in [0.29, 0.717) is 0 Å². The van der Waals surface area contributed by atoms with Gasteiger partial charge in [-0.15, -0.1) is 58.5 Å². The van der Waals surface area contributed by atoms with Crippen LogP contribution in [0.25, 0.3) is 27.6 Å². The number of hydrogen-bond donors (Lipinski definition) is 1. The second-order valence-electron chi connectivity index (χ2n) is 6.79. The van der Waals surface area contributed by atoms with Gasteiger partial charge in [-0.2, -0.15) is 0 Å². The van der Waals surface area contributed by atoms with Crippen LogP contribution in [0.3, 0.4) is 0 Å². The van der Waals surface area contributed by atoms with Crippen LogP contribution in [0.4, 0.5) is 0 Å². The molecule has 1 unspecified atom stereocenters. The van der Waals surface area contributed by atoms with Gasteiger partial charge in [-0.1, -0.05) is 77.9 Å². The van der Waals surface area contributed by atoms with Crippen molar-refractivity contribution < 1.29 is 28.4 Å². The van der Waals surface area contributed by atoms with E-state index in [-0.39, 0.29) is 52.2 Å². The molecule has 2 radical (unpaired) electrons. The van der Waals surface area contributed by atoms with E-state index in [1.54, 1.807) is 0 Å². The van der Waals surface area contributed by atoms with E-state index in [0.717, 1.165) is 6.42 Å². The average molecular weight is 546 g/mol. The molecule has 1 N–H and O–H groups in total. The van der Waals surface area contributed by atoms with Crippen molar-refractivity contribution in [2.24, 2.45) is 0 Å². The fraction of sp³-hybridized carbons (Fsp3) is 0.115. The summed E-state index contributed by atoms with van der Waals surface area (Å²) in [4.78, 5) is 0. The second kappa shape index (κ2) is 13.5. The van der Waals surface area contributed by atoms with E-state index in [1.165, 1.54) is 67.1 Å². The summed E-state index contributed by atoms with van der Waals surface area (Å²) in [5.74, 6) is 0.240. The monoisotopic (exact) mass is 543 g/mol. The summed E-state index contributed by atoms with van der Waals surface area (Å²) in [6.45, 7) is 3.25. The first-order valence-corrected chi connectivity index (χ1v) is 13.3. The molecular formula is C26H27Cl2OSiZr-3. The Morgan fingerprint density at radius 2 is 1.42 bits per heavy atom. The van der Waals surface area contributed by atoms with Crippen molar-refractivity contribution in [1.82, 2.24) is 0 Å². The topological polar surface area (TPSA) is 20.2 Å². The predicted octanol–water partition coefficient (Wildman–Crippen LogP) is 6.98. The third-order valence-corrected chi connectivity index (χ3v) is 5.42. The number of aliphatic hydroxyl groups is 1. The second-order valence-corrected chi connectivity index (χ2v) is 6.79. The van der Waals surface area contributed by atoms with Crippen molar-refractivity contribution in [3.8, 4) is 0 Å². The summed E-state index contributed by atoms with van der Waals surface area (Å²) in [5, 5.41) is 14.8. The molecule has 31 heavy (non-hydrogen) atoms. The van der Waals surface area contributed by atoms with Gasteiger partial charge in [0.2, 0.25) is 0 Å². The first-order chi connectivity index (χ1) is 13.4. The van der Waals surface area contributed by atoms with Crippen LogP contribution in [-0.2, 0) is 23.3 Å². The maximum absolute atomic E-state index is 9.56. The molecule has 4 aromatic carbocycles. The van der Waals surface area contributed by atoms with Gasteiger partial charge in [-0.3, -0.25) is 0 Å². The van der Waals surface area contributed by atoms with Crippen LogP contribution < -0.4 is 0 Å². The summed E-state index contributed by atoms with van der Waals surface area (Å²) >= 11 is 1.36. The standard InChI is InChI=1S/C24H19O.2CH3.2ClH.Si.Zr/c25-13-12-18-14-16-6-2-4-9-20(16)24(18)22-11-5-10-21-19-8-3-1-7-17(19)15-23(21)22;;;;;;/h1-11,14-15,24-25H,12-13H2;2*1H3;2*1H;;/q3*-1;;;;. The molecule has 0 spiro atoms. The van der Waals surface area contributed by atoms with Crippen molar-refractivity contribution in [2.75, 3.05) is 6.61 Å². The van der Waals surface area contributed by atoms with E-state index in [1.807, 2.05) is 0 Å². The Hall–Kier alpha value is -1.09. The molecular weight excluding hydrogens is 519 g/mol. The van der Waals surface area contributed by atoms with E-state index >= 15 is 0 Å². The molecule has 162 valence electrons. The third kappa shape index (κ3) is 5.46. The van der Waals surface area contributed by atoms with Gasteiger partial charge in [-0.25, -0.2) is 0 Å². The molecule has 0 bridgehead atoms. The van der Waals surface area contributed by atoms with Crippen LogP contribution in [-0.4, -0.2) is 18.6 Å². The molecule has 0 saturated heterocycles. The minimum absolute atomic E-state index is 0. The Balaban J connectivity index is 0.00000146. The summed E-state index contributed by atoms with van der Waals surface area (Å²) in [7, 11) is 0. The van der Waals surface area contributed by atoms with Crippen molar-refractivity contribution in [3.05, 3.63) is 110 Å². The normalized spacial score (nSPS) is 13.3. The molecule has 1 aliphatic rings. The predicted molar refractivity (Wildman–Crippen MR) is 138 cm³/mol. The Bertz CT molecular complexity index is 1150. The number of hydrogen-bond acceptors (Lipinski definition) is 1. The minimum atomic E-state index is 0. The summed E-state index contributed by atoms with van der Waals surface area (Å²) in [5.41, 5.74) is 5.28. The van der Waals surface area contributed by atoms with Gasteiger partial charge < -0.3 is 20.0 Å². The summed E-state index contributed by atoms with van der Waals surface area (Å²) in [6, 6.07) is 26.2. The molecule has 0 saturated carbocycles. The van der Waals surface area contributed by atoms with E-state index in [4.69, 9.17) is 0 Å². The fourth-order valence-electron chi connectivity index (χ4n) is 4.36. The molecule has 1 nitrogen and oxygen atoms in total. The van der Waals surface area contributed by atoms with Gasteiger partial charge in [0, 0.05) is 12.5 Å². The Kier molecular flexibility index (Phi) is 13.0. The first kappa shape index (κ1) is 29.9. The van der Waals surface area contributed by atoms with Gasteiger partial charge in [0.25, 0.3) is 0 Å². The van der Waals surface area contributed by atoms with Crippen LogP contribution in [0.2, 0.25) is 0 Å². The molecule has 0 aliphatic heterocycles. The van der Waals surface area contributed by atoms with Gasteiger partial charge in [-0.05, 0) is 17.5 Å². The molecule has 5 heteroatoms. The zero-order chi connectivity index (χ0) is 18.8. The van der Waals surface area contributed by atoms with Crippen LogP contribution >= 0.6 is 24.8 Å². The number of rotatable bonds is 3. The van der Waals surface area contributed by atoms with Gasteiger partial charge in [0.05, 0.1) is 0 Å². The summed E-state index contributed by atoms with van der Waals surface area (Å²) < 4.78 is 0. The molecule has 0 aromatic heterocycles. The zero-order valence-electron chi connectivity index (χ0n) is 17.8. The van der Waals surface area contributed by atoms with Crippen LogP contribution in [0, 0.1) is 14.9 Å². The SMILES string of the molecule is Cl.Cl.OCCC1=Cc2ccccc2C1c1cccc2c1[cH-]c1ccccc12.[CH3-].[CH3-].[Si]=[Zr]. The van der Waals surface area contributed by atoms with Crippen molar-refractivity contribution in [2.45, 2.75) is 12.3 Å². The molecule has 1 aliphatic carbocycles. The van der Waals surface area contributed by atoms with Crippen LogP contribution in [0.1, 0.15) is 29.0 Å². The molecule has 0 heterocycles. The summed E-state index contributed by atoms with van der Waals surface area (Å²) in [6.07, 6.45) is 2.98. The van der Waals surface area contributed by atoms with Crippen LogP contribution in [0.5, 0.6) is 0 Å². The maximum atomic E-state index is 9.56. The van der Waals surface area contributed by atoms with E-state index < -0.39 is 0 Å². The van der Waals surface area contributed by atoms with E-state index in [9.17, 15) is 5.11 Å². The molecule has 1 atom stereocenters. The number of benzene rings is 3.